The van der Waals surface area contributed by atoms with Gasteiger partial charge in [-0.05, 0) is 27.9 Å². The lowest BCUT2D eigenvalue weighted by Gasteiger charge is -2.17. The fourth-order valence-electron chi connectivity index (χ4n) is 2.09. The van der Waals surface area contributed by atoms with Crippen molar-refractivity contribution >= 4 is 50.8 Å². The van der Waals surface area contributed by atoms with Crippen molar-refractivity contribution in [3.05, 3.63) is 22.3 Å². The first-order valence-corrected chi connectivity index (χ1v) is 7.83. The third-order valence-electron chi connectivity index (χ3n) is 2.97. The van der Waals surface area contributed by atoms with Crippen molar-refractivity contribution in [3.63, 3.8) is 0 Å². The van der Waals surface area contributed by atoms with Gasteiger partial charge in [-0.2, -0.15) is 0 Å². The number of carbonyl (C=O) groups excluding carboxylic acids is 3. The lowest BCUT2D eigenvalue weighted by Crippen LogP contribution is -2.27. The summed E-state index contributed by atoms with van der Waals surface area (Å²) in [5.74, 6) is 1.06. The first-order valence-electron chi connectivity index (χ1n) is 6.05. The summed E-state index contributed by atoms with van der Waals surface area (Å²) in [7, 11) is 0. The van der Waals surface area contributed by atoms with Gasteiger partial charge in [0.05, 0.1) is 5.56 Å². The van der Waals surface area contributed by atoms with Crippen LogP contribution >= 0.6 is 27.7 Å². The van der Waals surface area contributed by atoms with Crippen molar-refractivity contribution < 1.29 is 14.4 Å². The van der Waals surface area contributed by atoms with Crippen LogP contribution in [-0.4, -0.2) is 34.6 Å². The number of thioether (sulfide) groups is 1. The van der Waals surface area contributed by atoms with Gasteiger partial charge >= 0.3 is 0 Å². The Morgan fingerprint density at radius 2 is 2.40 bits per heavy atom. The van der Waals surface area contributed by atoms with Crippen molar-refractivity contribution in [2.45, 2.75) is 13.3 Å². The normalized spacial score (nSPS) is 18.4. The Balaban J connectivity index is 2.15. The van der Waals surface area contributed by atoms with Gasteiger partial charge in [0.2, 0.25) is 5.91 Å². The Morgan fingerprint density at radius 1 is 1.65 bits per heavy atom. The topological polar surface area (TPSA) is 67.3 Å². The maximum Gasteiger partial charge on any atom is 0.228 e. The molecule has 0 radical (unpaired) electrons. The molecule has 1 saturated heterocycles. The quantitative estimate of drug-likeness (QED) is 0.774. The molecule has 0 spiro atoms. The molecule has 0 N–H and O–H groups in total. The summed E-state index contributed by atoms with van der Waals surface area (Å²) in [4.78, 5) is 39.8. The summed E-state index contributed by atoms with van der Waals surface area (Å²) in [5, 5.41) is 0.0475. The Bertz CT molecular complexity index is 565. The lowest BCUT2D eigenvalue weighted by molar-refractivity contribution is -0.117. The maximum absolute atomic E-state index is 12.0. The van der Waals surface area contributed by atoms with E-state index in [9.17, 15) is 14.4 Å². The highest BCUT2D eigenvalue weighted by molar-refractivity contribution is 9.10. The van der Waals surface area contributed by atoms with Crippen LogP contribution in [-0.2, 0) is 9.59 Å². The minimum absolute atomic E-state index is 0.0475. The number of carbonyl (C=O) groups is 3. The van der Waals surface area contributed by atoms with Crippen LogP contribution in [0.4, 0.5) is 5.82 Å². The van der Waals surface area contributed by atoms with E-state index in [1.54, 1.807) is 12.3 Å². The first kappa shape index (κ1) is 15.2. The third kappa shape index (κ3) is 3.46. The molecule has 2 heterocycles. The molecule has 7 heteroatoms. The standard InChI is InChI=1S/C13H13BrN2O3S/c1-8(18)20-7-9-2-12(19)16(5-9)13-10(6-17)3-11(14)4-15-13/h3-4,6,9H,2,5,7H2,1H3. The van der Waals surface area contributed by atoms with Crippen LogP contribution < -0.4 is 4.90 Å². The largest absolute Gasteiger partial charge is 0.298 e. The van der Waals surface area contributed by atoms with Crippen LogP contribution in [0.3, 0.4) is 0 Å². The minimum Gasteiger partial charge on any atom is -0.298 e. The number of anilines is 1. The molecule has 1 aromatic rings. The van der Waals surface area contributed by atoms with Crippen LogP contribution in [0.1, 0.15) is 23.7 Å². The lowest BCUT2D eigenvalue weighted by atomic mass is 10.1. The molecule has 1 aliphatic rings. The number of halogens is 1. The number of hydrogen-bond acceptors (Lipinski definition) is 5. The van der Waals surface area contributed by atoms with E-state index >= 15 is 0 Å². The fraction of sp³-hybridized carbons (Fsp3) is 0.385. The van der Waals surface area contributed by atoms with Gasteiger partial charge in [0.15, 0.2) is 11.4 Å². The molecule has 0 saturated carbocycles. The highest BCUT2D eigenvalue weighted by Gasteiger charge is 2.32. The Labute approximate surface area is 129 Å². The number of nitrogens with zero attached hydrogens (tertiary/aromatic N) is 2. The van der Waals surface area contributed by atoms with E-state index < -0.39 is 0 Å². The van der Waals surface area contributed by atoms with E-state index in [-0.39, 0.29) is 16.9 Å². The Morgan fingerprint density at radius 3 is 3.05 bits per heavy atom. The van der Waals surface area contributed by atoms with Gasteiger partial charge < -0.3 is 0 Å². The molecule has 0 bridgehead atoms. The van der Waals surface area contributed by atoms with Gasteiger partial charge in [-0.25, -0.2) is 4.98 Å². The number of rotatable bonds is 4. The zero-order valence-corrected chi connectivity index (χ0v) is 13.2. The van der Waals surface area contributed by atoms with E-state index in [4.69, 9.17) is 0 Å². The van der Waals surface area contributed by atoms with Crippen molar-refractivity contribution in [2.24, 2.45) is 5.92 Å². The molecule has 20 heavy (non-hydrogen) atoms. The fourth-order valence-corrected chi connectivity index (χ4v) is 3.14. The molecule has 0 aromatic carbocycles. The molecule has 2 rings (SSSR count). The van der Waals surface area contributed by atoms with Gasteiger partial charge in [0.1, 0.15) is 5.82 Å². The van der Waals surface area contributed by atoms with Gasteiger partial charge in [-0.1, -0.05) is 11.8 Å². The average molecular weight is 357 g/mol. The van der Waals surface area contributed by atoms with E-state index in [1.165, 1.54) is 23.6 Å². The molecule has 1 aromatic heterocycles. The maximum atomic E-state index is 12.0. The molecule has 1 amide bonds. The second kappa shape index (κ2) is 6.49. The first-order chi connectivity index (χ1) is 9.51. The predicted octanol–water partition coefficient (Wildman–Crippen LogP) is 2.29. The van der Waals surface area contributed by atoms with Gasteiger partial charge in [-0.3, -0.25) is 19.3 Å². The van der Waals surface area contributed by atoms with E-state index in [0.717, 1.165) is 0 Å². The summed E-state index contributed by atoms with van der Waals surface area (Å²) in [6.07, 6.45) is 2.64. The third-order valence-corrected chi connectivity index (χ3v) is 4.45. The van der Waals surface area contributed by atoms with E-state index in [2.05, 4.69) is 20.9 Å². The molecule has 1 atom stereocenters. The number of hydrogen-bond donors (Lipinski definition) is 0. The predicted molar refractivity (Wildman–Crippen MR) is 80.9 cm³/mol. The molecule has 1 unspecified atom stereocenters. The number of aromatic nitrogens is 1. The highest BCUT2D eigenvalue weighted by atomic mass is 79.9. The average Bonchev–Trinajstić information content (AvgIpc) is 2.77. The molecular formula is C13H13BrN2O3S. The van der Waals surface area contributed by atoms with Crippen molar-refractivity contribution in [3.8, 4) is 0 Å². The van der Waals surface area contributed by atoms with Crippen LogP contribution in [0.2, 0.25) is 0 Å². The van der Waals surface area contributed by atoms with Gasteiger partial charge in [0, 0.05) is 36.3 Å². The van der Waals surface area contributed by atoms with Crippen molar-refractivity contribution in [1.29, 1.82) is 0 Å². The van der Waals surface area contributed by atoms with Crippen molar-refractivity contribution in [1.82, 2.24) is 4.98 Å². The smallest absolute Gasteiger partial charge is 0.228 e. The van der Waals surface area contributed by atoms with Gasteiger partial charge in [-0.15, -0.1) is 0 Å². The van der Waals surface area contributed by atoms with Gasteiger partial charge in [0.25, 0.3) is 0 Å². The number of pyridine rings is 1. The molecule has 0 aliphatic carbocycles. The monoisotopic (exact) mass is 356 g/mol. The second-order valence-corrected chi connectivity index (χ2v) is 6.67. The van der Waals surface area contributed by atoms with Crippen LogP contribution in [0.15, 0.2) is 16.7 Å². The van der Waals surface area contributed by atoms with E-state index in [1.807, 2.05) is 0 Å². The highest BCUT2D eigenvalue weighted by Crippen LogP contribution is 2.28. The van der Waals surface area contributed by atoms with E-state index in [0.29, 0.717) is 40.9 Å². The van der Waals surface area contributed by atoms with Crippen LogP contribution in [0.25, 0.3) is 0 Å². The molecular weight excluding hydrogens is 344 g/mol. The minimum atomic E-state index is -0.0583. The summed E-state index contributed by atoms with van der Waals surface area (Å²) in [6.45, 7) is 2.01. The summed E-state index contributed by atoms with van der Waals surface area (Å²) < 4.78 is 0.693. The van der Waals surface area contributed by atoms with Crippen LogP contribution in [0.5, 0.6) is 0 Å². The van der Waals surface area contributed by atoms with Crippen LogP contribution in [0, 0.1) is 5.92 Å². The number of aldehydes is 1. The Kier molecular flexibility index (Phi) is 4.93. The van der Waals surface area contributed by atoms with Crippen molar-refractivity contribution in [2.75, 3.05) is 17.2 Å². The molecule has 1 fully saturated rings. The molecule has 5 nitrogen and oxygen atoms in total. The zero-order chi connectivity index (χ0) is 14.7. The Hall–Kier alpha value is -1.21. The zero-order valence-electron chi connectivity index (χ0n) is 10.8. The molecule has 106 valence electrons. The SMILES string of the molecule is CC(=O)SCC1CC(=O)N(c2ncc(Br)cc2C=O)C1. The summed E-state index contributed by atoms with van der Waals surface area (Å²) >= 11 is 4.47. The molecule has 1 aliphatic heterocycles. The summed E-state index contributed by atoms with van der Waals surface area (Å²) in [5.41, 5.74) is 0.382. The second-order valence-electron chi connectivity index (χ2n) is 4.56. The summed E-state index contributed by atoms with van der Waals surface area (Å²) in [6, 6.07) is 1.64. The number of amides is 1.